The first-order valence-corrected chi connectivity index (χ1v) is 10.8. The summed E-state index contributed by atoms with van der Waals surface area (Å²) in [6.07, 6.45) is 4.29. The molecule has 1 aromatic carbocycles. The van der Waals surface area contributed by atoms with Crippen LogP contribution in [0.3, 0.4) is 0 Å². The number of imidazole rings is 1. The fourth-order valence-corrected chi connectivity index (χ4v) is 4.49. The van der Waals surface area contributed by atoms with Gasteiger partial charge in [0, 0.05) is 48.4 Å². The number of aromatic nitrogens is 3. The van der Waals surface area contributed by atoms with Crippen molar-refractivity contribution in [3.05, 3.63) is 30.1 Å². The van der Waals surface area contributed by atoms with Crippen LogP contribution in [0.15, 0.2) is 24.4 Å². The second kappa shape index (κ2) is 7.74. The van der Waals surface area contributed by atoms with Crippen molar-refractivity contribution in [1.82, 2.24) is 14.6 Å². The highest BCUT2D eigenvalue weighted by Gasteiger charge is 2.25. The van der Waals surface area contributed by atoms with Crippen LogP contribution >= 0.6 is 11.3 Å². The minimum atomic E-state index is 0.0333. The van der Waals surface area contributed by atoms with E-state index < -0.39 is 0 Å². The van der Waals surface area contributed by atoms with Gasteiger partial charge in [-0.15, -0.1) is 5.10 Å². The van der Waals surface area contributed by atoms with E-state index in [0.29, 0.717) is 6.04 Å². The molecule has 0 saturated carbocycles. The summed E-state index contributed by atoms with van der Waals surface area (Å²) >= 11 is 1.66. The molecular weight excluding hydrogens is 386 g/mol. The third-order valence-electron chi connectivity index (χ3n) is 5.22. The predicted molar refractivity (Wildman–Crippen MR) is 118 cm³/mol. The number of piperidine rings is 1. The molecule has 0 radical (unpaired) electrons. The lowest BCUT2D eigenvalue weighted by atomic mass is 9.93. The van der Waals surface area contributed by atoms with Crippen LogP contribution < -0.4 is 19.7 Å². The molecule has 3 heterocycles. The molecule has 0 bridgehead atoms. The van der Waals surface area contributed by atoms with Gasteiger partial charge in [-0.1, -0.05) is 32.1 Å². The largest absolute Gasteiger partial charge is 0.497 e. The van der Waals surface area contributed by atoms with E-state index in [4.69, 9.17) is 19.6 Å². The van der Waals surface area contributed by atoms with E-state index in [1.165, 1.54) is 0 Å². The zero-order chi connectivity index (χ0) is 20.6. The average Bonchev–Trinajstić information content (AvgIpc) is 3.27. The first kappa shape index (κ1) is 19.8. The van der Waals surface area contributed by atoms with Gasteiger partial charge in [-0.05, 0) is 12.8 Å². The highest BCUT2D eigenvalue weighted by atomic mass is 32.1. The van der Waals surface area contributed by atoms with Crippen LogP contribution in [-0.4, -0.2) is 47.9 Å². The lowest BCUT2D eigenvalue weighted by molar-refractivity contribution is 0.394. The Morgan fingerprint density at radius 3 is 2.48 bits per heavy atom. The van der Waals surface area contributed by atoms with Crippen molar-refractivity contribution in [1.29, 1.82) is 0 Å². The molecule has 2 aromatic heterocycles. The maximum atomic E-state index is 5.39. The summed E-state index contributed by atoms with van der Waals surface area (Å²) in [6.45, 7) is 8.45. The maximum Gasteiger partial charge on any atom is 0.214 e. The monoisotopic (exact) mass is 415 g/mol. The molecule has 1 N–H and O–H groups in total. The van der Waals surface area contributed by atoms with Gasteiger partial charge in [0.2, 0.25) is 10.1 Å². The molecule has 0 amide bonds. The first-order chi connectivity index (χ1) is 13.9. The third-order valence-corrected chi connectivity index (χ3v) is 6.20. The standard InChI is InChI=1S/C21H29N5O2S/c1-21(2,3)18-13-26-19(23-18)29-20(24-26)25-8-6-7-14(12-25)22-15-9-16(27-4)11-17(10-15)28-5/h9-11,13-14,22H,6-8,12H2,1-5H3. The van der Waals surface area contributed by atoms with Crippen molar-refractivity contribution in [2.45, 2.75) is 45.1 Å². The van der Waals surface area contributed by atoms with Crippen molar-refractivity contribution >= 4 is 27.1 Å². The Morgan fingerprint density at radius 2 is 1.86 bits per heavy atom. The predicted octanol–water partition coefficient (Wildman–Crippen LogP) is 4.19. The number of rotatable bonds is 5. The van der Waals surface area contributed by atoms with Crippen molar-refractivity contribution in [2.75, 3.05) is 37.5 Å². The Bertz CT molecular complexity index is 937. The number of ether oxygens (including phenoxy) is 2. The van der Waals surface area contributed by atoms with E-state index in [1.807, 2.05) is 22.7 Å². The van der Waals surface area contributed by atoms with E-state index in [2.05, 4.69) is 37.2 Å². The number of anilines is 2. The van der Waals surface area contributed by atoms with Gasteiger partial charge in [0.25, 0.3) is 0 Å². The number of hydrogen-bond donors (Lipinski definition) is 1. The second-order valence-electron chi connectivity index (χ2n) is 8.52. The highest BCUT2D eigenvalue weighted by Crippen LogP contribution is 2.31. The van der Waals surface area contributed by atoms with Crippen molar-refractivity contribution in [2.24, 2.45) is 0 Å². The molecular formula is C21H29N5O2S. The lowest BCUT2D eigenvalue weighted by Gasteiger charge is -2.33. The van der Waals surface area contributed by atoms with Gasteiger partial charge >= 0.3 is 0 Å². The van der Waals surface area contributed by atoms with Gasteiger partial charge in [-0.2, -0.15) is 0 Å². The van der Waals surface area contributed by atoms with Crippen molar-refractivity contribution in [3.63, 3.8) is 0 Å². The van der Waals surface area contributed by atoms with Gasteiger partial charge in [-0.25, -0.2) is 9.50 Å². The second-order valence-corrected chi connectivity index (χ2v) is 9.45. The molecule has 29 heavy (non-hydrogen) atoms. The maximum absolute atomic E-state index is 5.39. The minimum absolute atomic E-state index is 0.0333. The summed E-state index contributed by atoms with van der Waals surface area (Å²) in [7, 11) is 3.34. The number of nitrogens with one attached hydrogen (secondary N) is 1. The molecule has 1 saturated heterocycles. The smallest absolute Gasteiger partial charge is 0.214 e. The summed E-state index contributed by atoms with van der Waals surface area (Å²) in [5, 5.41) is 9.47. The van der Waals surface area contributed by atoms with Gasteiger partial charge in [-0.3, -0.25) is 0 Å². The Balaban J connectivity index is 1.48. The Kier molecular flexibility index (Phi) is 5.29. The summed E-state index contributed by atoms with van der Waals surface area (Å²) in [5.74, 6) is 1.57. The van der Waals surface area contributed by atoms with Gasteiger partial charge in [0.1, 0.15) is 11.5 Å². The summed E-state index contributed by atoms with van der Waals surface area (Å²) in [6, 6.07) is 6.23. The van der Waals surface area contributed by atoms with Gasteiger partial charge in [0.15, 0.2) is 0 Å². The molecule has 1 fully saturated rings. The van der Waals surface area contributed by atoms with Crippen LogP contribution in [0.4, 0.5) is 10.8 Å². The van der Waals surface area contributed by atoms with Crippen molar-refractivity contribution < 1.29 is 9.47 Å². The van der Waals surface area contributed by atoms with Crippen LogP contribution in [0, 0.1) is 0 Å². The van der Waals surface area contributed by atoms with E-state index >= 15 is 0 Å². The summed E-state index contributed by atoms with van der Waals surface area (Å²) < 4.78 is 12.7. The fourth-order valence-electron chi connectivity index (χ4n) is 3.57. The van der Waals surface area contributed by atoms with E-state index in [-0.39, 0.29) is 5.41 Å². The molecule has 1 aliphatic rings. The normalized spacial score (nSPS) is 17.6. The molecule has 3 aromatic rings. The van der Waals surface area contributed by atoms with Gasteiger partial charge in [0.05, 0.1) is 26.1 Å². The Morgan fingerprint density at radius 1 is 1.14 bits per heavy atom. The molecule has 8 heteroatoms. The topological polar surface area (TPSA) is 63.9 Å². The molecule has 1 aliphatic heterocycles. The number of hydrogen-bond acceptors (Lipinski definition) is 7. The number of methoxy groups -OCH3 is 2. The zero-order valence-corrected chi connectivity index (χ0v) is 18.5. The molecule has 156 valence electrons. The van der Waals surface area contributed by atoms with Gasteiger partial charge < -0.3 is 19.7 Å². The Hall–Kier alpha value is -2.48. The van der Waals surface area contributed by atoms with Crippen molar-refractivity contribution in [3.8, 4) is 11.5 Å². The third kappa shape index (κ3) is 4.27. The first-order valence-electron chi connectivity index (χ1n) is 9.97. The average molecular weight is 416 g/mol. The van der Waals surface area contributed by atoms with Crippen LogP contribution in [0.1, 0.15) is 39.3 Å². The van der Waals surface area contributed by atoms with Crippen LogP contribution in [0.5, 0.6) is 11.5 Å². The molecule has 4 rings (SSSR count). The fraction of sp³-hybridized carbons (Fsp3) is 0.524. The molecule has 1 atom stereocenters. The minimum Gasteiger partial charge on any atom is -0.497 e. The van der Waals surface area contributed by atoms with E-state index in [9.17, 15) is 0 Å². The van der Waals surface area contributed by atoms with Crippen LogP contribution in [0.25, 0.3) is 4.96 Å². The molecule has 7 nitrogen and oxygen atoms in total. The van der Waals surface area contributed by atoms with E-state index in [1.54, 1.807) is 25.6 Å². The van der Waals surface area contributed by atoms with E-state index in [0.717, 1.165) is 58.9 Å². The number of benzene rings is 1. The number of fused-ring (bicyclic) bond motifs is 1. The Labute approximate surface area is 175 Å². The van der Waals surface area contributed by atoms with Crippen LogP contribution in [0.2, 0.25) is 0 Å². The quantitative estimate of drug-likeness (QED) is 0.674. The zero-order valence-electron chi connectivity index (χ0n) is 17.7. The molecule has 1 unspecified atom stereocenters. The molecule has 0 spiro atoms. The highest BCUT2D eigenvalue weighted by molar-refractivity contribution is 7.20. The number of nitrogens with zero attached hydrogens (tertiary/aromatic N) is 4. The van der Waals surface area contributed by atoms with Crippen LogP contribution in [-0.2, 0) is 5.41 Å². The molecule has 0 aliphatic carbocycles. The summed E-state index contributed by atoms with van der Waals surface area (Å²) in [5.41, 5.74) is 2.12. The summed E-state index contributed by atoms with van der Waals surface area (Å²) in [4.78, 5) is 8.09. The lowest BCUT2D eigenvalue weighted by Crippen LogP contribution is -2.42. The SMILES string of the molecule is COc1cc(NC2CCCN(c3nn4cc(C(C)(C)C)nc4s3)C2)cc(OC)c1.